The average Bonchev–Trinajstić information content (AvgIpc) is 2.84. The summed E-state index contributed by atoms with van der Waals surface area (Å²) in [4.78, 5) is 11.1. The van der Waals surface area contributed by atoms with Gasteiger partial charge in [-0.2, -0.15) is 0 Å². The van der Waals surface area contributed by atoms with E-state index < -0.39 is 5.97 Å². The maximum Gasteiger partial charge on any atom is 0.338 e. The number of hydrogen-bond acceptors (Lipinski definition) is 3. The van der Waals surface area contributed by atoms with E-state index in [-0.39, 0.29) is 5.56 Å². The van der Waals surface area contributed by atoms with E-state index in [2.05, 4.69) is 10.3 Å². The number of fused-ring (bicyclic) bond motifs is 1. The molecule has 0 unspecified atom stereocenters. The van der Waals surface area contributed by atoms with Crippen molar-refractivity contribution in [3.05, 3.63) is 58.6 Å². The Kier molecular flexibility index (Phi) is 3.12. The Morgan fingerprint density at radius 2 is 1.95 bits per heavy atom. The van der Waals surface area contributed by atoms with E-state index in [0.717, 1.165) is 5.56 Å². The standard InChI is InChI=1S/C14H10ClN3O2/c15-10-6-4-9(5-7-10)8-18-12-3-1-2-11(14(19)20)13(12)16-17-18/h1-7H,8H2,(H,19,20). The molecule has 2 aromatic carbocycles. The monoisotopic (exact) mass is 287 g/mol. The fourth-order valence-corrected chi connectivity index (χ4v) is 2.17. The first-order valence-electron chi connectivity index (χ1n) is 5.95. The minimum absolute atomic E-state index is 0.157. The molecule has 0 saturated heterocycles. The summed E-state index contributed by atoms with van der Waals surface area (Å²) in [6.07, 6.45) is 0. The summed E-state index contributed by atoms with van der Waals surface area (Å²) in [5.41, 5.74) is 2.26. The van der Waals surface area contributed by atoms with Crippen molar-refractivity contribution in [1.82, 2.24) is 15.0 Å². The molecule has 20 heavy (non-hydrogen) atoms. The molecule has 100 valence electrons. The lowest BCUT2D eigenvalue weighted by molar-refractivity contribution is 0.0699. The number of carbonyl (C=O) groups is 1. The first-order valence-corrected chi connectivity index (χ1v) is 6.33. The summed E-state index contributed by atoms with van der Waals surface area (Å²) >= 11 is 5.84. The second-order valence-corrected chi connectivity index (χ2v) is 4.79. The molecule has 0 amide bonds. The number of aromatic nitrogens is 3. The smallest absolute Gasteiger partial charge is 0.338 e. The molecule has 5 nitrogen and oxygen atoms in total. The van der Waals surface area contributed by atoms with Gasteiger partial charge in [-0.3, -0.25) is 0 Å². The van der Waals surface area contributed by atoms with E-state index in [9.17, 15) is 4.79 Å². The molecule has 0 saturated carbocycles. The number of benzene rings is 2. The minimum atomic E-state index is -1.01. The summed E-state index contributed by atoms with van der Waals surface area (Å²) in [5.74, 6) is -1.01. The fourth-order valence-electron chi connectivity index (χ4n) is 2.04. The van der Waals surface area contributed by atoms with Crippen molar-refractivity contribution >= 4 is 28.6 Å². The zero-order valence-corrected chi connectivity index (χ0v) is 11.1. The summed E-state index contributed by atoms with van der Waals surface area (Å²) in [5, 5.41) is 17.8. The zero-order valence-electron chi connectivity index (χ0n) is 10.3. The van der Waals surface area contributed by atoms with Crippen molar-refractivity contribution < 1.29 is 9.90 Å². The molecule has 0 radical (unpaired) electrons. The Hall–Kier alpha value is -2.40. The molecule has 6 heteroatoms. The Morgan fingerprint density at radius 3 is 2.65 bits per heavy atom. The number of hydrogen-bond donors (Lipinski definition) is 1. The van der Waals surface area contributed by atoms with E-state index in [0.29, 0.717) is 22.6 Å². The summed E-state index contributed by atoms with van der Waals surface area (Å²) < 4.78 is 1.67. The molecular formula is C14H10ClN3O2. The third kappa shape index (κ3) is 2.23. The normalized spacial score (nSPS) is 10.8. The quantitative estimate of drug-likeness (QED) is 0.804. The van der Waals surface area contributed by atoms with Gasteiger partial charge in [0.15, 0.2) is 0 Å². The molecular weight excluding hydrogens is 278 g/mol. The summed E-state index contributed by atoms with van der Waals surface area (Å²) in [6.45, 7) is 0.511. The van der Waals surface area contributed by atoms with Crippen LogP contribution in [0.3, 0.4) is 0 Å². The molecule has 0 bridgehead atoms. The molecule has 1 heterocycles. The highest BCUT2D eigenvalue weighted by Gasteiger charge is 2.13. The van der Waals surface area contributed by atoms with Crippen molar-refractivity contribution in [3.63, 3.8) is 0 Å². The topological polar surface area (TPSA) is 68.0 Å². The average molecular weight is 288 g/mol. The van der Waals surface area contributed by atoms with Gasteiger partial charge in [-0.05, 0) is 29.8 Å². The highest BCUT2D eigenvalue weighted by Crippen LogP contribution is 2.18. The highest BCUT2D eigenvalue weighted by molar-refractivity contribution is 6.30. The van der Waals surface area contributed by atoms with E-state index in [1.807, 2.05) is 12.1 Å². The molecule has 1 aromatic heterocycles. The predicted molar refractivity (Wildman–Crippen MR) is 75.0 cm³/mol. The molecule has 0 aliphatic heterocycles. The number of rotatable bonds is 3. The Balaban J connectivity index is 2.03. The van der Waals surface area contributed by atoms with Crippen molar-refractivity contribution in [2.45, 2.75) is 6.54 Å². The van der Waals surface area contributed by atoms with Crippen molar-refractivity contribution in [2.75, 3.05) is 0 Å². The number of carboxylic acid groups (broad SMARTS) is 1. The van der Waals surface area contributed by atoms with Crippen LogP contribution >= 0.6 is 11.6 Å². The molecule has 0 spiro atoms. The molecule has 0 aliphatic rings. The molecule has 0 atom stereocenters. The maximum absolute atomic E-state index is 11.1. The van der Waals surface area contributed by atoms with Gasteiger partial charge >= 0.3 is 5.97 Å². The Morgan fingerprint density at radius 1 is 1.20 bits per heavy atom. The molecule has 0 aliphatic carbocycles. The van der Waals surface area contributed by atoms with Gasteiger partial charge in [0, 0.05) is 5.02 Å². The van der Waals surface area contributed by atoms with Crippen molar-refractivity contribution in [2.24, 2.45) is 0 Å². The number of carboxylic acids is 1. The van der Waals surface area contributed by atoms with Crippen LogP contribution in [0.25, 0.3) is 11.0 Å². The third-order valence-electron chi connectivity index (χ3n) is 3.02. The van der Waals surface area contributed by atoms with Gasteiger partial charge in [-0.1, -0.05) is 35.0 Å². The largest absolute Gasteiger partial charge is 0.478 e. The summed E-state index contributed by atoms with van der Waals surface area (Å²) in [7, 11) is 0. The van der Waals surface area contributed by atoms with Gasteiger partial charge in [0.25, 0.3) is 0 Å². The van der Waals surface area contributed by atoms with Gasteiger partial charge in [0.2, 0.25) is 0 Å². The minimum Gasteiger partial charge on any atom is -0.478 e. The predicted octanol–water partition coefficient (Wildman–Crippen LogP) is 2.83. The van der Waals surface area contributed by atoms with Crippen LogP contribution in [0.1, 0.15) is 15.9 Å². The van der Waals surface area contributed by atoms with Crippen LogP contribution in [0.2, 0.25) is 5.02 Å². The molecule has 3 aromatic rings. The van der Waals surface area contributed by atoms with Crippen LogP contribution in [-0.4, -0.2) is 26.1 Å². The second kappa shape index (κ2) is 4.94. The van der Waals surface area contributed by atoms with Crippen LogP contribution in [0.4, 0.5) is 0 Å². The Labute approximate surface area is 119 Å². The van der Waals surface area contributed by atoms with Gasteiger partial charge in [0.1, 0.15) is 5.52 Å². The number of aromatic carboxylic acids is 1. The lowest BCUT2D eigenvalue weighted by atomic mass is 10.2. The number of halogens is 1. The van der Waals surface area contributed by atoms with E-state index in [4.69, 9.17) is 16.7 Å². The van der Waals surface area contributed by atoms with E-state index in [1.54, 1.807) is 28.9 Å². The SMILES string of the molecule is O=C(O)c1cccc2c1nnn2Cc1ccc(Cl)cc1. The lowest BCUT2D eigenvalue weighted by Gasteiger charge is -2.03. The van der Waals surface area contributed by atoms with Gasteiger partial charge in [-0.25, -0.2) is 9.48 Å². The van der Waals surface area contributed by atoms with Gasteiger partial charge in [-0.15, -0.1) is 5.10 Å². The first kappa shape index (κ1) is 12.6. The van der Waals surface area contributed by atoms with Crippen LogP contribution in [-0.2, 0) is 6.54 Å². The van der Waals surface area contributed by atoms with Gasteiger partial charge < -0.3 is 5.11 Å². The fraction of sp³-hybridized carbons (Fsp3) is 0.0714. The first-order chi connectivity index (χ1) is 9.65. The van der Waals surface area contributed by atoms with Crippen LogP contribution in [0.15, 0.2) is 42.5 Å². The second-order valence-electron chi connectivity index (χ2n) is 4.35. The van der Waals surface area contributed by atoms with Crippen molar-refractivity contribution in [1.29, 1.82) is 0 Å². The van der Waals surface area contributed by atoms with Crippen molar-refractivity contribution in [3.8, 4) is 0 Å². The maximum atomic E-state index is 11.1. The highest BCUT2D eigenvalue weighted by atomic mass is 35.5. The van der Waals surface area contributed by atoms with Crippen LogP contribution in [0, 0.1) is 0 Å². The third-order valence-corrected chi connectivity index (χ3v) is 3.27. The Bertz CT molecular complexity index is 781. The zero-order chi connectivity index (χ0) is 14.1. The number of nitrogens with zero attached hydrogens (tertiary/aromatic N) is 3. The lowest BCUT2D eigenvalue weighted by Crippen LogP contribution is -2.02. The van der Waals surface area contributed by atoms with Crippen LogP contribution < -0.4 is 0 Å². The van der Waals surface area contributed by atoms with Gasteiger partial charge in [0.05, 0.1) is 17.6 Å². The van der Waals surface area contributed by atoms with E-state index >= 15 is 0 Å². The van der Waals surface area contributed by atoms with Crippen LogP contribution in [0.5, 0.6) is 0 Å². The molecule has 1 N–H and O–H groups in total. The van der Waals surface area contributed by atoms with E-state index in [1.165, 1.54) is 6.07 Å². The summed E-state index contributed by atoms with van der Waals surface area (Å²) in [6, 6.07) is 12.4. The molecule has 3 rings (SSSR count). The molecule has 0 fully saturated rings.